The molecule has 0 unspecified atom stereocenters. The van der Waals surface area contributed by atoms with Gasteiger partial charge < -0.3 is 9.80 Å². The van der Waals surface area contributed by atoms with Crippen LogP contribution in [0.1, 0.15) is 10.5 Å². The van der Waals surface area contributed by atoms with Crippen LogP contribution in [0, 0.1) is 0 Å². The Hall–Kier alpha value is -3.46. The standard InChI is InChI=1S/C21H22N4O4S/c1-23(2)21(27)19-13-20(15-5-11-18(12-6-15)30(4,28)29)25(22-19)17-9-7-16(8-10-17)24(3)14-26/h5-14H,1-4H3. The van der Waals surface area contributed by atoms with Crippen molar-refractivity contribution in [2.24, 2.45) is 0 Å². The van der Waals surface area contributed by atoms with Crippen LogP contribution < -0.4 is 4.90 Å². The number of sulfone groups is 1. The molecule has 156 valence electrons. The van der Waals surface area contributed by atoms with Crippen LogP contribution in [0.4, 0.5) is 5.69 Å². The molecular formula is C21H22N4O4S. The summed E-state index contributed by atoms with van der Waals surface area (Å²) >= 11 is 0. The molecule has 2 aromatic carbocycles. The topological polar surface area (TPSA) is 92.6 Å². The van der Waals surface area contributed by atoms with Crippen LogP contribution in [0.25, 0.3) is 16.9 Å². The number of hydrogen-bond donors (Lipinski definition) is 0. The Labute approximate surface area is 175 Å². The highest BCUT2D eigenvalue weighted by Crippen LogP contribution is 2.27. The van der Waals surface area contributed by atoms with Crippen LogP contribution in [0.5, 0.6) is 0 Å². The lowest BCUT2D eigenvalue weighted by molar-refractivity contribution is -0.107. The number of carbonyl (C=O) groups excluding carboxylic acids is 2. The van der Waals surface area contributed by atoms with Crippen LogP contribution in [0.3, 0.4) is 0 Å². The smallest absolute Gasteiger partial charge is 0.273 e. The van der Waals surface area contributed by atoms with Crippen LogP contribution >= 0.6 is 0 Å². The van der Waals surface area contributed by atoms with Crippen molar-refractivity contribution < 1.29 is 18.0 Å². The molecule has 0 radical (unpaired) electrons. The van der Waals surface area contributed by atoms with Gasteiger partial charge in [-0.3, -0.25) is 9.59 Å². The molecule has 0 fully saturated rings. The molecule has 9 heteroatoms. The molecule has 3 aromatic rings. The first-order valence-corrected chi connectivity index (χ1v) is 10.9. The Morgan fingerprint density at radius 1 is 1.00 bits per heavy atom. The van der Waals surface area contributed by atoms with Gasteiger partial charge in [0.2, 0.25) is 6.41 Å². The first-order valence-electron chi connectivity index (χ1n) is 9.02. The van der Waals surface area contributed by atoms with Crippen LogP contribution in [0.2, 0.25) is 0 Å². The maximum absolute atomic E-state index is 12.5. The fraction of sp³-hybridized carbons (Fsp3) is 0.190. The molecular weight excluding hydrogens is 404 g/mol. The number of anilines is 1. The third-order valence-electron chi connectivity index (χ3n) is 4.57. The van der Waals surface area contributed by atoms with Crippen molar-refractivity contribution in [2.75, 3.05) is 32.3 Å². The molecule has 30 heavy (non-hydrogen) atoms. The fourth-order valence-corrected chi connectivity index (χ4v) is 3.51. The maximum Gasteiger partial charge on any atom is 0.273 e. The molecule has 1 heterocycles. The zero-order chi connectivity index (χ0) is 22.1. The van der Waals surface area contributed by atoms with E-state index in [-0.39, 0.29) is 16.5 Å². The predicted molar refractivity (Wildman–Crippen MR) is 115 cm³/mol. The van der Waals surface area contributed by atoms with Crippen molar-refractivity contribution in [3.05, 3.63) is 60.3 Å². The minimum Gasteiger partial charge on any atom is -0.343 e. The summed E-state index contributed by atoms with van der Waals surface area (Å²) in [7, 11) is 1.63. The van der Waals surface area contributed by atoms with E-state index in [0.717, 1.165) is 6.26 Å². The van der Waals surface area contributed by atoms with E-state index >= 15 is 0 Å². The number of benzene rings is 2. The van der Waals surface area contributed by atoms with E-state index in [0.29, 0.717) is 29.0 Å². The van der Waals surface area contributed by atoms with E-state index in [1.54, 1.807) is 68.3 Å². The third-order valence-corrected chi connectivity index (χ3v) is 5.70. The van der Waals surface area contributed by atoms with Gasteiger partial charge in [0.1, 0.15) is 0 Å². The lowest BCUT2D eigenvalue weighted by Crippen LogP contribution is -2.22. The Morgan fingerprint density at radius 3 is 2.10 bits per heavy atom. The molecule has 0 N–H and O–H groups in total. The van der Waals surface area contributed by atoms with Gasteiger partial charge in [-0.1, -0.05) is 12.1 Å². The first kappa shape index (κ1) is 21.3. The van der Waals surface area contributed by atoms with Gasteiger partial charge in [-0.2, -0.15) is 5.10 Å². The summed E-state index contributed by atoms with van der Waals surface area (Å²) in [5, 5.41) is 4.47. The summed E-state index contributed by atoms with van der Waals surface area (Å²) in [4.78, 5) is 26.5. The minimum atomic E-state index is -3.32. The van der Waals surface area contributed by atoms with Crippen molar-refractivity contribution in [2.45, 2.75) is 4.90 Å². The molecule has 3 rings (SSSR count). The summed E-state index contributed by atoms with van der Waals surface area (Å²) < 4.78 is 25.1. The molecule has 0 bridgehead atoms. The monoisotopic (exact) mass is 426 g/mol. The summed E-state index contributed by atoms with van der Waals surface area (Å²) in [6.45, 7) is 0. The summed E-state index contributed by atoms with van der Waals surface area (Å²) in [5.74, 6) is -0.250. The quantitative estimate of drug-likeness (QED) is 0.564. The van der Waals surface area contributed by atoms with Crippen molar-refractivity contribution >= 4 is 27.8 Å². The van der Waals surface area contributed by atoms with E-state index in [1.165, 1.54) is 21.9 Å². The summed E-state index contributed by atoms with van der Waals surface area (Å²) in [6, 6.07) is 15.2. The Morgan fingerprint density at radius 2 is 1.60 bits per heavy atom. The highest BCUT2D eigenvalue weighted by Gasteiger charge is 2.19. The van der Waals surface area contributed by atoms with Gasteiger partial charge in [-0.05, 0) is 42.5 Å². The molecule has 0 aliphatic heterocycles. The van der Waals surface area contributed by atoms with Crippen LogP contribution in [-0.4, -0.2) is 62.8 Å². The first-order chi connectivity index (χ1) is 14.1. The van der Waals surface area contributed by atoms with E-state index in [4.69, 9.17) is 0 Å². The van der Waals surface area contributed by atoms with E-state index in [2.05, 4.69) is 5.10 Å². The van der Waals surface area contributed by atoms with Gasteiger partial charge in [0.05, 0.1) is 16.3 Å². The second-order valence-electron chi connectivity index (χ2n) is 7.06. The molecule has 2 amide bonds. The Bertz CT molecular complexity index is 1180. The molecule has 0 aliphatic rings. The molecule has 0 spiro atoms. The lowest BCUT2D eigenvalue weighted by atomic mass is 10.1. The average Bonchev–Trinajstić information content (AvgIpc) is 3.17. The molecule has 8 nitrogen and oxygen atoms in total. The highest BCUT2D eigenvalue weighted by atomic mass is 32.2. The second-order valence-corrected chi connectivity index (χ2v) is 9.07. The third kappa shape index (κ3) is 4.25. The summed E-state index contributed by atoms with van der Waals surface area (Å²) in [5.41, 5.74) is 3.01. The van der Waals surface area contributed by atoms with Crippen molar-refractivity contribution in [1.82, 2.24) is 14.7 Å². The number of hydrogen-bond acceptors (Lipinski definition) is 5. The minimum absolute atomic E-state index is 0.211. The number of amides is 2. The maximum atomic E-state index is 12.5. The van der Waals surface area contributed by atoms with Crippen LogP contribution in [0.15, 0.2) is 59.5 Å². The molecule has 0 saturated heterocycles. The summed E-state index contributed by atoms with van der Waals surface area (Å²) in [6.07, 6.45) is 1.86. The normalized spacial score (nSPS) is 11.2. The molecule has 0 aliphatic carbocycles. The highest BCUT2D eigenvalue weighted by molar-refractivity contribution is 7.90. The van der Waals surface area contributed by atoms with Gasteiger partial charge >= 0.3 is 0 Å². The largest absolute Gasteiger partial charge is 0.343 e. The molecule has 1 aromatic heterocycles. The van der Waals surface area contributed by atoms with Gasteiger partial charge in [0, 0.05) is 38.6 Å². The molecule has 0 saturated carbocycles. The lowest BCUT2D eigenvalue weighted by Gasteiger charge is -2.12. The van der Waals surface area contributed by atoms with Gasteiger partial charge in [0.25, 0.3) is 5.91 Å². The van der Waals surface area contributed by atoms with Gasteiger partial charge in [-0.15, -0.1) is 0 Å². The average molecular weight is 426 g/mol. The number of aromatic nitrogens is 2. The van der Waals surface area contributed by atoms with Crippen molar-refractivity contribution in [3.8, 4) is 16.9 Å². The Kier molecular flexibility index (Phi) is 5.75. The van der Waals surface area contributed by atoms with Gasteiger partial charge in [-0.25, -0.2) is 13.1 Å². The van der Waals surface area contributed by atoms with Crippen LogP contribution in [-0.2, 0) is 14.6 Å². The van der Waals surface area contributed by atoms with Crippen molar-refractivity contribution in [1.29, 1.82) is 0 Å². The van der Waals surface area contributed by atoms with E-state index < -0.39 is 9.84 Å². The SMILES string of the molecule is CN(C)C(=O)c1cc(-c2ccc(S(C)(=O)=O)cc2)n(-c2ccc(N(C)C=O)cc2)n1. The Balaban J connectivity index is 2.12. The number of carbonyl (C=O) groups is 2. The van der Waals surface area contributed by atoms with E-state index in [1.807, 2.05) is 0 Å². The zero-order valence-corrected chi connectivity index (χ0v) is 17.9. The van der Waals surface area contributed by atoms with Crippen molar-refractivity contribution in [3.63, 3.8) is 0 Å². The molecule has 0 atom stereocenters. The zero-order valence-electron chi connectivity index (χ0n) is 17.1. The van der Waals surface area contributed by atoms with E-state index in [9.17, 15) is 18.0 Å². The predicted octanol–water partition coefficient (Wildman–Crippen LogP) is 2.24. The number of rotatable bonds is 6. The second kappa shape index (κ2) is 8.11. The fourth-order valence-electron chi connectivity index (χ4n) is 2.88. The van der Waals surface area contributed by atoms with Gasteiger partial charge in [0.15, 0.2) is 15.5 Å². The number of nitrogens with zero attached hydrogens (tertiary/aromatic N) is 4.